The number of rotatable bonds is 4. The predicted molar refractivity (Wildman–Crippen MR) is 87.4 cm³/mol. The van der Waals surface area contributed by atoms with Crippen LogP contribution in [0.3, 0.4) is 0 Å². The molecule has 1 heterocycles. The Balaban J connectivity index is 2.64. The van der Waals surface area contributed by atoms with Gasteiger partial charge in [-0.2, -0.15) is 0 Å². The van der Waals surface area contributed by atoms with E-state index in [1.54, 1.807) is 45.0 Å². The average Bonchev–Trinajstić information content (AvgIpc) is 2.46. The van der Waals surface area contributed by atoms with Gasteiger partial charge in [0.2, 0.25) is 0 Å². The molecule has 0 radical (unpaired) electrons. The number of benzene rings is 1. The Morgan fingerprint density at radius 1 is 1.43 bits per heavy atom. The molecule has 1 aromatic rings. The third-order valence-electron chi connectivity index (χ3n) is 3.72. The monoisotopic (exact) mass is 336 g/mol. The first-order chi connectivity index (χ1) is 10.9. The molecule has 0 N–H and O–H groups in total. The zero-order chi connectivity index (χ0) is 17.1. The summed E-state index contributed by atoms with van der Waals surface area (Å²) in [5, 5.41) is 12.0. The van der Waals surface area contributed by atoms with Crippen LogP contribution < -0.4 is 0 Å². The van der Waals surface area contributed by atoms with E-state index in [-0.39, 0.29) is 12.2 Å². The number of carbonyl (C=O) groups is 1. The van der Waals surface area contributed by atoms with E-state index in [9.17, 15) is 14.9 Å². The van der Waals surface area contributed by atoms with E-state index in [1.165, 1.54) is 0 Å². The van der Waals surface area contributed by atoms with Gasteiger partial charge in [0.05, 0.1) is 23.8 Å². The highest BCUT2D eigenvalue weighted by molar-refractivity contribution is 6.30. The first kappa shape index (κ1) is 17.1. The van der Waals surface area contributed by atoms with Crippen molar-refractivity contribution in [3.63, 3.8) is 0 Å². The van der Waals surface area contributed by atoms with E-state index in [0.717, 1.165) is 0 Å². The Morgan fingerprint density at radius 2 is 2.13 bits per heavy atom. The summed E-state index contributed by atoms with van der Waals surface area (Å²) >= 11 is 6.02. The molecule has 0 aromatic heterocycles. The van der Waals surface area contributed by atoms with Gasteiger partial charge in [0.1, 0.15) is 0 Å². The fourth-order valence-corrected chi connectivity index (χ4v) is 3.02. The van der Waals surface area contributed by atoms with Gasteiger partial charge in [0, 0.05) is 15.6 Å². The van der Waals surface area contributed by atoms with E-state index < -0.39 is 22.9 Å². The van der Waals surface area contributed by atoms with Gasteiger partial charge in [-0.3, -0.25) is 15.1 Å². The van der Waals surface area contributed by atoms with E-state index in [0.29, 0.717) is 22.0 Å². The van der Waals surface area contributed by atoms with Crippen molar-refractivity contribution in [2.24, 2.45) is 4.99 Å². The van der Waals surface area contributed by atoms with E-state index in [1.807, 2.05) is 0 Å². The fraction of sp³-hybridized carbons (Fsp3) is 0.375. The maximum absolute atomic E-state index is 12.3. The second-order valence-corrected chi connectivity index (χ2v) is 5.67. The van der Waals surface area contributed by atoms with E-state index in [4.69, 9.17) is 16.3 Å². The van der Waals surface area contributed by atoms with Crippen LogP contribution in [-0.4, -0.2) is 29.3 Å². The number of hydrogen-bond donors (Lipinski definition) is 0. The molecule has 0 saturated carbocycles. The number of esters is 1. The van der Waals surface area contributed by atoms with Crippen LogP contribution in [0.4, 0.5) is 0 Å². The summed E-state index contributed by atoms with van der Waals surface area (Å²) in [7, 11) is 0. The molecule has 2 atom stereocenters. The fourth-order valence-electron chi connectivity index (χ4n) is 2.82. The molecule has 1 aliphatic heterocycles. The minimum atomic E-state index is -1.13. The molecule has 1 aromatic carbocycles. The molecular formula is C16H17ClN2O4. The maximum atomic E-state index is 12.3. The molecule has 0 bridgehead atoms. The van der Waals surface area contributed by atoms with Crippen molar-refractivity contribution >= 4 is 23.3 Å². The van der Waals surface area contributed by atoms with Gasteiger partial charge in [-0.1, -0.05) is 23.7 Å². The largest absolute Gasteiger partial charge is 0.463 e. The molecule has 0 spiro atoms. The van der Waals surface area contributed by atoms with Gasteiger partial charge in [-0.05, 0) is 38.5 Å². The van der Waals surface area contributed by atoms with Crippen LogP contribution in [0.1, 0.15) is 32.3 Å². The highest BCUT2D eigenvalue weighted by atomic mass is 35.5. The van der Waals surface area contributed by atoms with Crippen molar-refractivity contribution in [1.29, 1.82) is 0 Å². The zero-order valence-corrected chi connectivity index (χ0v) is 13.8. The van der Waals surface area contributed by atoms with Crippen LogP contribution in [0.5, 0.6) is 0 Å². The number of nitrogens with zero attached hydrogens (tertiary/aromatic N) is 2. The lowest BCUT2D eigenvalue weighted by Crippen LogP contribution is -2.40. The van der Waals surface area contributed by atoms with Crippen molar-refractivity contribution in [2.75, 3.05) is 6.61 Å². The first-order valence-electron chi connectivity index (χ1n) is 7.18. The van der Waals surface area contributed by atoms with Crippen LogP contribution in [-0.2, 0) is 9.53 Å². The van der Waals surface area contributed by atoms with Gasteiger partial charge >= 0.3 is 5.97 Å². The summed E-state index contributed by atoms with van der Waals surface area (Å²) in [6, 6.07) is 5.60. The number of carbonyl (C=O) groups excluding carboxylic acids is 1. The molecule has 2 rings (SSSR count). The first-order valence-corrected chi connectivity index (χ1v) is 7.56. The van der Waals surface area contributed by atoms with E-state index >= 15 is 0 Å². The summed E-state index contributed by atoms with van der Waals surface area (Å²) in [6.45, 7) is 5.12. The lowest BCUT2D eigenvalue weighted by atomic mass is 9.80. The molecule has 2 unspecified atom stereocenters. The lowest BCUT2D eigenvalue weighted by molar-refractivity contribution is -0.505. The summed E-state index contributed by atoms with van der Waals surface area (Å²) < 4.78 is 5.08. The Labute approximate surface area is 139 Å². The smallest absolute Gasteiger partial charge is 0.336 e. The Bertz CT molecular complexity index is 712. The molecule has 1 aliphatic rings. The third kappa shape index (κ3) is 3.42. The molecule has 0 amide bonds. The SMILES string of the molecule is CCOC(=O)C1=C(C)N=C(C)C([N+](=O)[O-])C1c1cccc(Cl)c1. The summed E-state index contributed by atoms with van der Waals surface area (Å²) in [6.07, 6.45) is 0. The maximum Gasteiger partial charge on any atom is 0.336 e. The van der Waals surface area contributed by atoms with Crippen molar-refractivity contribution in [3.05, 3.63) is 56.2 Å². The van der Waals surface area contributed by atoms with Crippen LogP contribution in [0.15, 0.2) is 40.5 Å². The topological polar surface area (TPSA) is 81.8 Å². The van der Waals surface area contributed by atoms with Crippen molar-refractivity contribution < 1.29 is 14.5 Å². The van der Waals surface area contributed by atoms with Gasteiger partial charge in [0.25, 0.3) is 6.04 Å². The van der Waals surface area contributed by atoms with Crippen molar-refractivity contribution in [1.82, 2.24) is 0 Å². The summed E-state index contributed by atoms with van der Waals surface area (Å²) in [5.74, 6) is -1.36. The number of aliphatic imine (C=N–C) groups is 1. The van der Waals surface area contributed by atoms with Crippen LogP contribution in [0.2, 0.25) is 5.02 Å². The number of halogens is 1. The van der Waals surface area contributed by atoms with Crippen LogP contribution in [0, 0.1) is 10.1 Å². The molecule has 0 aliphatic carbocycles. The second-order valence-electron chi connectivity index (χ2n) is 5.24. The minimum absolute atomic E-state index is 0.184. The molecule has 0 fully saturated rings. The molecule has 7 heteroatoms. The highest BCUT2D eigenvalue weighted by Gasteiger charge is 2.44. The van der Waals surface area contributed by atoms with Gasteiger partial charge in [0.15, 0.2) is 0 Å². The summed E-state index contributed by atoms with van der Waals surface area (Å²) in [5.41, 5.74) is 1.59. The van der Waals surface area contributed by atoms with Crippen LogP contribution >= 0.6 is 11.6 Å². The van der Waals surface area contributed by atoms with E-state index in [2.05, 4.69) is 4.99 Å². The molecular weight excluding hydrogens is 320 g/mol. The summed E-state index contributed by atoms with van der Waals surface area (Å²) in [4.78, 5) is 27.7. The molecule has 6 nitrogen and oxygen atoms in total. The highest BCUT2D eigenvalue weighted by Crippen LogP contribution is 2.37. The quantitative estimate of drug-likeness (QED) is 0.479. The number of hydrogen-bond acceptors (Lipinski definition) is 5. The molecule has 23 heavy (non-hydrogen) atoms. The Kier molecular flexibility index (Phi) is 5.15. The standard InChI is InChI=1S/C16H17ClN2O4/c1-4-23-16(20)13-9(2)18-10(3)15(19(21)22)14(13)11-6-5-7-12(17)8-11/h5-8,14-15H,4H2,1-3H3. The average molecular weight is 337 g/mol. The van der Waals surface area contributed by atoms with Gasteiger partial charge < -0.3 is 4.74 Å². The Morgan fingerprint density at radius 3 is 2.70 bits per heavy atom. The van der Waals surface area contributed by atoms with Crippen molar-refractivity contribution in [3.8, 4) is 0 Å². The minimum Gasteiger partial charge on any atom is -0.463 e. The molecule has 122 valence electrons. The zero-order valence-electron chi connectivity index (χ0n) is 13.1. The van der Waals surface area contributed by atoms with Crippen molar-refractivity contribution in [2.45, 2.75) is 32.7 Å². The van der Waals surface area contributed by atoms with Crippen LogP contribution in [0.25, 0.3) is 0 Å². The lowest BCUT2D eigenvalue weighted by Gasteiger charge is -2.27. The van der Waals surface area contributed by atoms with Gasteiger partial charge in [-0.25, -0.2) is 4.79 Å². The predicted octanol–water partition coefficient (Wildman–Crippen LogP) is 3.38. The Hall–Kier alpha value is -2.21. The number of nitro groups is 1. The number of allylic oxidation sites excluding steroid dienone is 1. The third-order valence-corrected chi connectivity index (χ3v) is 3.95. The molecule has 0 saturated heterocycles. The normalized spacial score (nSPS) is 21.0. The number of ether oxygens (including phenoxy) is 1. The van der Waals surface area contributed by atoms with Gasteiger partial charge in [-0.15, -0.1) is 0 Å². The second kappa shape index (κ2) is 6.91.